The second-order valence-corrected chi connectivity index (χ2v) is 4.65. The van der Waals surface area contributed by atoms with Crippen molar-refractivity contribution in [2.75, 3.05) is 0 Å². The van der Waals surface area contributed by atoms with Gasteiger partial charge in [0.15, 0.2) is 0 Å². The molecule has 0 amide bonds. The number of aromatic nitrogens is 1. The minimum absolute atomic E-state index is 0.129. The molecule has 5 heteroatoms. The van der Waals surface area contributed by atoms with Crippen molar-refractivity contribution >= 4 is 45.7 Å². The van der Waals surface area contributed by atoms with Crippen molar-refractivity contribution in [3.8, 4) is 0 Å². The number of halogens is 3. The van der Waals surface area contributed by atoms with E-state index in [4.69, 9.17) is 34.8 Å². The second-order valence-electron chi connectivity index (χ2n) is 3.46. The maximum absolute atomic E-state index is 9.29. The molecule has 1 heterocycles. The van der Waals surface area contributed by atoms with Gasteiger partial charge in [0.2, 0.25) is 0 Å². The van der Waals surface area contributed by atoms with Crippen molar-refractivity contribution in [3.63, 3.8) is 0 Å². The first-order valence-electron chi connectivity index (χ1n) is 4.59. The van der Waals surface area contributed by atoms with E-state index >= 15 is 0 Å². The van der Waals surface area contributed by atoms with E-state index in [2.05, 4.69) is 4.98 Å². The smallest absolute Gasteiger partial charge is 0.0911 e. The Hall–Kier alpha value is -0.540. The monoisotopic (exact) mass is 275 g/mol. The van der Waals surface area contributed by atoms with E-state index in [0.29, 0.717) is 31.5 Å². The summed E-state index contributed by atoms with van der Waals surface area (Å²) in [5, 5.41) is 11.1. The van der Waals surface area contributed by atoms with Crippen LogP contribution in [-0.2, 0) is 6.61 Å². The van der Waals surface area contributed by atoms with Crippen molar-refractivity contribution in [1.29, 1.82) is 0 Å². The molecule has 0 unspecified atom stereocenters. The topological polar surface area (TPSA) is 33.1 Å². The Labute approximate surface area is 108 Å². The summed E-state index contributed by atoms with van der Waals surface area (Å²) in [5.41, 5.74) is 2.02. The zero-order chi connectivity index (χ0) is 11.9. The maximum Gasteiger partial charge on any atom is 0.0911 e. The first kappa shape index (κ1) is 11.9. The van der Waals surface area contributed by atoms with Crippen molar-refractivity contribution in [2.24, 2.45) is 0 Å². The number of hydrogen-bond acceptors (Lipinski definition) is 2. The highest BCUT2D eigenvalue weighted by atomic mass is 35.5. The van der Waals surface area contributed by atoms with E-state index in [9.17, 15) is 5.11 Å². The predicted molar refractivity (Wildman–Crippen MR) is 67.4 cm³/mol. The number of hydrogen-bond donors (Lipinski definition) is 1. The molecule has 0 radical (unpaired) electrons. The molecule has 0 atom stereocenters. The molecule has 0 aliphatic rings. The third-order valence-electron chi connectivity index (χ3n) is 2.31. The highest BCUT2D eigenvalue weighted by Gasteiger charge is 2.13. The number of rotatable bonds is 1. The van der Waals surface area contributed by atoms with Gasteiger partial charge < -0.3 is 5.11 Å². The van der Waals surface area contributed by atoms with Crippen LogP contribution in [0.1, 0.15) is 11.3 Å². The Morgan fingerprint density at radius 1 is 1.19 bits per heavy atom. The number of aryl methyl sites for hydroxylation is 1. The Morgan fingerprint density at radius 3 is 2.50 bits per heavy atom. The Balaban J connectivity index is 2.99. The van der Waals surface area contributed by atoms with Gasteiger partial charge in [0.25, 0.3) is 0 Å². The van der Waals surface area contributed by atoms with E-state index in [1.165, 1.54) is 0 Å². The summed E-state index contributed by atoms with van der Waals surface area (Å²) in [7, 11) is 0. The van der Waals surface area contributed by atoms with Gasteiger partial charge in [-0.2, -0.15) is 0 Å². The number of nitrogens with zero attached hydrogens (tertiary/aromatic N) is 1. The molecule has 0 fully saturated rings. The largest absolute Gasteiger partial charge is 0.392 e. The van der Waals surface area contributed by atoms with Crippen LogP contribution in [-0.4, -0.2) is 10.1 Å². The fourth-order valence-corrected chi connectivity index (χ4v) is 2.42. The van der Waals surface area contributed by atoms with Crippen molar-refractivity contribution in [3.05, 3.63) is 38.5 Å². The van der Waals surface area contributed by atoms with Gasteiger partial charge in [0.1, 0.15) is 0 Å². The number of aliphatic hydroxyl groups is 1. The van der Waals surface area contributed by atoms with Crippen LogP contribution in [0.15, 0.2) is 12.1 Å². The lowest BCUT2D eigenvalue weighted by atomic mass is 10.1. The molecule has 16 heavy (non-hydrogen) atoms. The lowest BCUT2D eigenvalue weighted by Gasteiger charge is -2.09. The minimum Gasteiger partial charge on any atom is -0.392 e. The molecule has 0 aliphatic carbocycles. The number of benzene rings is 1. The summed E-state index contributed by atoms with van der Waals surface area (Å²) in [6.45, 7) is 1.70. The summed E-state index contributed by atoms with van der Waals surface area (Å²) in [6.07, 6.45) is 0. The fourth-order valence-electron chi connectivity index (χ4n) is 1.65. The van der Waals surface area contributed by atoms with E-state index in [-0.39, 0.29) is 6.61 Å². The first-order chi connectivity index (χ1) is 7.54. The Morgan fingerprint density at radius 2 is 1.88 bits per heavy atom. The third-order valence-corrected chi connectivity index (χ3v) is 3.38. The molecule has 1 N–H and O–H groups in total. The molecular weight excluding hydrogens is 268 g/mol. The van der Waals surface area contributed by atoms with Crippen LogP contribution < -0.4 is 0 Å². The molecule has 0 saturated heterocycles. The summed E-state index contributed by atoms with van der Waals surface area (Å²) in [6, 6.07) is 3.32. The van der Waals surface area contributed by atoms with Crippen LogP contribution in [0, 0.1) is 6.92 Å². The SMILES string of the molecule is Cc1cc(CO)c2c(Cl)c(Cl)cc(Cl)c2n1. The lowest BCUT2D eigenvalue weighted by Crippen LogP contribution is -1.94. The third kappa shape index (κ3) is 1.87. The molecule has 0 saturated carbocycles. The Bertz CT molecular complexity index is 569. The average molecular weight is 277 g/mol. The van der Waals surface area contributed by atoms with Crippen LogP contribution in [0.25, 0.3) is 10.9 Å². The number of aliphatic hydroxyl groups excluding tert-OH is 1. The van der Waals surface area contributed by atoms with Crippen LogP contribution in [0.3, 0.4) is 0 Å². The standard InChI is InChI=1S/C11H8Cl3NO/c1-5-2-6(4-16)9-10(14)7(12)3-8(13)11(9)15-5/h2-3,16H,4H2,1H3. The second kappa shape index (κ2) is 4.38. The summed E-state index contributed by atoms with van der Waals surface area (Å²) < 4.78 is 0. The van der Waals surface area contributed by atoms with E-state index in [1.54, 1.807) is 12.1 Å². The molecule has 2 aromatic rings. The number of fused-ring (bicyclic) bond motifs is 1. The van der Waals surface area contributed by atoms with Crippen LogP contribution >= 0.6 is 34.8 Å². The quantitative estimate of drug-likeness (QED) is 0.799. The van der Waals surface area contributed by atoms with Crippen molar-refractivity contribution in [1.82, 2.24) is 4.98 Å². The zero-order valence-corrected chi connectivity index (χ0v) is 10.7. The molecule has 0 bridgehead atoms. The van der Waals surface area contributed by atoms with Gasteiger partial charge in [-0.15, -0.1) is 0 Å². The van der Waals surface area contributed by atoms with E-state index in [1.807, 2.05) is 6.92 Å². The molecule has 1 aromatic heterocycles. The van der Waals surface area contributed by atoms with Gasteiger partial charge in [-0.05, 0) is 24.6 Å². The Kier molecular flexibility index (Phi) is 3.27. The highest BCUT2D eigenvalue weighted by Crippen LogP contribution is 2.37. The van der Waals surface area contributed by atoms with Crippen LogP contribution in [0.4, 0.5) is 0 Å². The molecule has 84 valence electrons. The van der Waals surface area contributed by atoms with Gasteiger partial charge in [0.05, 0.1) is 27.2 Å². The van der Waals surface area contributed by atoms with Gasteiger partial charge >= 0.3 is 0 Å². The first-order valence-corrected chi connectivity index (χ1v) is 5.72. The molecule has 1 aromatic carbocycles. The van der Waals surface area contributed by atoms with E-state index in [0.717, 1.165) is 5.69 Å². The van der Waals surface area contributed by atoms with Gasteiger partial charge in [-0.25, -0.2) is 0 Å². The lowest BCUT2D eigenvalue weighted by molar-refractivity contribution is 0.283. The molecular formula is C11H8Cl3NO. The minimum atomic E-state index is -0.129. The highest BCUT2D eigenvalue weighted by molar-refractivity contribution is 6.47. The summed E-state index contributed by atoms with van der Waals surface area (Å²) in [5.74, 6) is 0. The van der Waals surface area contributed by atoms with Gasteiger partial charge in [-0.1, -0.05) is 34.8 Å². The molecule has 2 rings (SSSR count). The molecule has 0 aliphatic heterocycles. The normalized spacial score (nSPS) is 11.1. The van der Waals surface area contributed by atoms with Crippen LogP contribution in [0.5, 0.6) is 0 Å². The van der Waals surface area contributed by atoms with Gasteiger partial charge in [-0.3, -0.25) is 4.98 Å². The number of pyridine rings is 1. The molecule has 0 spiro atoms. The van der Waals surface area contributed by atoms with Crippen molar-refractivity contribution in [2.45, 2.75) is 13.5 Å². The van der Waals surface area contributed by atoms with E-state index < -0.39 is 0 Å². The van der Waals surface area contributed by atoms with Gasteiger partial charge in [0, 0.05) is 11.1 Å². The maximum atomic E-state index is 9.29. The fraction of sp³-hybridized carbons (Fsp3) is 0.182. The molecule has 2 nitrogen and oxygen atoms in total. The van der Waals surface area contributed by atoms with Crippen LogP contribution in [0.2, 0.25) is 15.1 Å². The summed E-state index contributed by atoms with van der Waals surface area (Å²) >= 11 is 18.1. The zero-order valence-electron chi connectivity index (χ0n) is 8.39. The predicted octanol–water partition coefficient (Wildman–Crippen LogP) is 4.00. The summed E-state index contributed by atoms with van der Waals surface area (Å²) in [4.78, 5) is 4.30. The van der Waals surface area contributed by atoms with Crippen molar-refractivity contribution < 1.29 is 5.11 Å². The average Bonchev–Trinajstić information content (AvgIpc) is 2.25.